The molecule has 26 heavy (non-hydrogen) atoms. The second-order valence-corrected chi connectivity index (χ2v) is 8.00. The molecule has 0 aromatic heterocycles. The number of carbonyl (C=O) groups is 1. The molecule has 1 aromatic carbocycles. The molecule has 5 nitrogen and oxygen atoms in total. The van der Waals surface area contributed by atoms with Crippen LogP contribution in [0.25, 0.3) is 0 Å². The van der Waals surface area contributed by atoms with E-state index in [2.05, 4.69) is 11.9 Å². The Hall–Kier alpha value is -1.75. The Morgan fingerprint density at radius 2 is 2.12 bits per heavy atom. The minimum Gasteiger partial charge on any atom is -0.491 e. The number of aliphatic imine (C=N–C) groups is 1. The second-order valence-electron chi connectivity index (χ2n) is 7.59. The Morgan fingerprint density at radius 3 is 2.73 bits per heavy atom. The van der Waals surface area contributed by atoms with Gasteiger partial charge in [-0.3, -0.25) is 9.69 Å². The number of amides is 1. The fourth-order valence-electron chi connectivity index (χ4n) is 3.51. The zero-order valence-corrected chi connectivity index (χ0v) is 16.8. The van der Waals surface area contributed by atoms with Gasteiger partial charge in [0, 0.05) is 12.1 Å². The van der Waals surface area contributed by atoms with Gasteiger partial charge in [-0.25, -0.2) is 4.99 Å². The number of halogens is 1. The monoisotopic (exact) mass is 379 g/mol. The van der Waals surface area contributed by atoms with Gasteiger partial charge < -0.3 is 10.5 Å². The highest BCUT2D eigenvalue weighted by Gasteiger charge is 2.30. The number of guanidine groups is 1. The first kappa shape index (κ1) is 20.6. The summed E-state index contributed by atoms with van der Waals surface area (Å²) in [6.07, 6.45) is 7.85. The number of hydrogen-bond donors (Lipinski definition) is 1. The van der Waals surface area contributed by atoms with E-state index in [-0.39, 0.29) is 5.96 Å². The summed E-state index contributed by atoms with van der Waals surface area (Å²) in [4.78, 5) is 17.0. The zero-order valence-electron chi connectivity index (χ0n) is 16.0. The maximum atomic E-state index is 11.0. The van der Waals surface area contributed by atoms with Crippen molar-refractivity contribution in [1.29, 1.82) is 0 Å². The van der Waals surface area contributed by atoms with Gasteiger partial charge in [-0.05, 0) is 49.9 Å². The standard InChI is InChI=1S/C20H30ClN3O2/c1-15-11-17(9-10-18(15)21)26-13-20(2,23-19(22)24(3)14-25)12-16-7-5-4-6-8-16/h9-11,14,16H,4-8,12-13H2,1-3H3,(H2,22,23). The summed E-state index contributed by atoms with van der Waals surface area (Å²) in [6, 6.07) is 5.62. The molecule has 1 amide bonds. The van der Waals surface area contributed by atoms with Crippen molar-refractivity contribution < 1.29 is 9.53 Å². The molecule has 0 aliphatic heterocycles. The predicted molar refractivity (Wildman–Crippen MR) is 107 cm³/mol. The lowest BCUT2D eigenvalue weighted by molar-refractivity contribution is -0.114. The van der Waals surface area contributed by atoms with E-state index in [1.165, 1.54) is 37.0 Å². The van der Waals surface area contributed by atoms with Crippen LogP contribution in [0.4, 0.5) is 0 Å². The number of nitrogens with zero attached hydrogens (tertiary/aromatic N) is 2. The van der Waals surface area contributed by atoms with Gasteiger partial charge in [0.05, 0.1) is 5.54 Å². The van der Waals surface area contributed by atoms with Crippen LogP contribution in [0.3, 0.4) is 0 Å². The number of hydrogen-bond acceptors (Lipinski definition) is 3. The van der Waals surface area contributed by atoms with E-state index in [1.54, 1.807) is 7.05 Å². The average molecular weight is 380 g/mol. The molecule has 1 atom stereocenters. The van der Waals surface area contributed by atoms with Crippen molar-refractivity contribution in [1.82, 2.24) is 4.90 Å². The number of aryl methyl sites for hydroxylation is 1. The first-order valence-corrected chi connectivity index (χ1v) is 9.63. The van der Waals surface area contributed by atoms with Crippen molar-refractivity contribution in [3.63, 3.8) is 0 Å². The van der Waals surface area contributed by atoms with Crippen LogP contribution in [-0.4, -0.2) is 36.5 Å². The van der Waals surface area contributed by atoms with E-state index < -0.39 is 5.54 Å². The molecule has 1 aromatic rings. The summed E-state index contributed by atoms with van der Waals surface area (Å²) in [5, 5.41) is 0.720. The lowest BCUT2D eigenvalue weighted by Crippen LogP contribution is -2.41. The largest absolute Gasteiger partial charge is 0.491 e. The molecule has 1 saturated carbocycles. The predicted octanol–water partition coefficient (Wildman–Crippen LogP) is 4.16. The van der Waals surface area contributed by atoms with Crippen LogP contribution in [-0.2, 0) is 4.79 Å². The zero-order chi connectivity index (χ0) is 19.2. The summed E-state index contributed by atoms with van der Waals surface area (Å²) < 4.78 is 6.03. The quantitative estimate of drug-likeness (QED) is 0.439. The number of benzene rings is 1. The third kappa shape index (κ3) is 5.90. The molecule has 6 heteroatoms. The highest BCUT2D eigenvalue weighted by atomic mass is 35.5. The molecule has 2 N–H and O–H groups in total. The maximum absolute atomic E-state index is 11.0. The van der Waals surface area contributed by atoms with Gasteiger partial charge in [0.1, 0.15) is 12.4 Å². The first-order chi connectivity index (χ1) is 12.3. The Kier molecular flexibility index (Phi) is 7.33. The van der Waals surface area contributed by atoms with Crippen LogP contribution in [0.5, 0.6) is 5.75 Å². The summed E-state index contributed by atoms with van der Waals surface area (Å²) in [5.41, 5.74) is 6.49. The highest BCUT2D eigenvalue weighted by molar-refractivity contribution is 6.31. The Bertz CT molecular complexity index is 644. The van der Waals surface area contributed by atoms with Crippen LogP contribution in [0.1, 0.15) is 51.0 Å². The number of carbonyl (C=O) groups excluding carboxylic acids is 1. The molecule has 1 aliphatic carbocycles. The van der Waals surface area contributed by atoms with Crippen LogP contribution >= 0.6 is 11.6 Å². The van der Waals surface area contributed by atoms with Gasteiger partial charge in [-0.2, -0.15) is 0 Å². The smallest absolute Gasteiger partial charge is 0.216 e. The molecule has 0 heterocycles. The average Bonchev–Trinajstić information content (AvgIpc) is 2.62. The normalized spacial score (nSPS) is 18.2. The molecular weight excluding hydrogens is 350 g/mol. The van der Waals surface area contributed by atoms with Crippen LogP contribution in [0, 0.1) is 12.8 Å². The van der Waals surface area contributed by atoms with Gasteiger partial charge in [-0.1, -0.05) is 43.7 Å². The van der Waals surface area contributed by atoms with Crippen LogP contribution in [0.2, 0.25) is 5.02 Å². The van der Waals surface area contributed by atoms with Gasteiger partial charge >= 0.3 is 0 Å². The number of ether oxygens (including phenoxy) is 1. The Labute approximate surface area is 161 Å². The summed E-state index contributed by atoms with van der Waals surface area (Å²) in [7, 11) is 1.61. The number of rotatable bonds is 7. The highest BCUT2D eigenvalue weighted by Crippen LogP contribution is 2.33. The maximum Gasteiger partial charge on any atom is 0.216 e. The van der Waals surface area contributed by atoms with Crippen molar-refractivity contribution in [2.24, 2.45) is 16.6 Å². The molecule has 1 fully saturated rings. The lowest BCUT2D eigenvalue weighted by Gasteiger charge is -2.32. The molecule has 0 bridgehead atoms. The van der Waals surface area contributed by atoms with Crippen molar-refractivity contribution >= 4 is 24.0 Å². The van der Waals surface area contributed by atoms with E-state index >= 15 is 0 Å². The fraction of sp³-hybridized carbons (Fsp3) is 0.600. The summed E-state index contributed by atoms with van der Waals surface area (Å²) in [5.74, 6) is 1.59. The molecule has 0 saturated heterocycles. The molecule has 144 valence electrons. The van der Waals surface area contributed by atoms with Gasteiger partial charge in [-0.15, -0.1) is 0 Å². The van der Waals surface area contributed by atoms with Crippen LogP contribution in [0.15, 0.2) is 23.2 Å². The van der Waals surface area contributed by atoms with E-state index in [9.17, 15) is 4.79 Å². The van der Waals surface area contributed by atoms with Gasteiger partial charge in [0.25, 0.3) is 0 Å². The van der Waals surface area contributed by atoms with Gasteiger partial charge in [0.15, 0.2) is 5.96 Å². The second kappa shape index (κ2) is 9.26. The molecule has 1 aliphatic rings. The SMILES string of the molecule is Cc1cc(OCC(C)(CC2CCCCC2)N=C(N)N(C)C=O)ccc1Cl. The van der Waals surface area contributed by atoms with Crippen molar-refractivity contribution in [3.05, 3.63) is 28.8 Å². The molecule has 0 radical (unpaired) electrons. The molecule has 2 rings (SSSR count). The molecule has 0 spiro atoms. The van der Waals surface area contributed by atoms with Crippen LogP contribution < -0.4 is 10.5 Å². The first-order valence-electron chi connectivity index (χ1n) is 9.25. The lowest BCUT2D eigenvalue weighted by atomic mass is 9.80. The van der Waals surface area contributed by atoms with Gasteiger partial charge in [0.2, 0.25) is 6.41 Å². The van der Waals surface area contributed by atoms with Crippen molar-refractivity contribution in [3.8, 4) is 5.75 Å². The van der Waals surface area contributed by atoms with E-state index in [0.717, 1.165) is 22.8 Å². The van der Waals surface area contributed by atoms with Crippen molar-refractivity contribution in [2.45, 2.75) is 57.9 Å². The number of nitrogens with two attached hydrogens (primary N) is 1. The Balaban J connectivity index is 2.15. The molecule has 1 unspecified atom stereocenters. The minimum atomic E-state index is -0.489. The van der Waals surface area contributed by atoms with Crippen molar-refractivity contribution in [2.75, 3.05) is 13.7 Å². The minimum absolute atomic E-state index is 0.217. The third-order valence-electron chi connectivity index (χ3n) is 5.04. The van der Waals surface area contributed by atoms with E-state index in [1.807, 2.05) is 25.1 Å². The van der Waals surface area contributed by atoms with E-state index in [0.29, 0.717) is 18.9 Å². The Morgan fingerprint density at radius 1 is 1.42 bits per heavy atom. The summed E-state index contributed by atoms with van der Waals surface area (Å²) in [6.45, 7) is 4.40. The third-order valence-corrected chi connectivity index (χ3v) is 5.46. The summed E-state index contributed by atoms with van der Waals surface area (Å²) >= 11 is 6.09. The van der Waals surface area contributed by atoms with E-state index in [4.69, 9.17) is 22.1 Å². The topological polar surface area (TPSA) is 67.9 Å². The fourth-order valence-corrected chi connectivity index (χ4v) is 3.62. The molecular formula is C20H30ClN3O2.